The van der Waals surface area contributed by atoms with E-state index in [1.807, 2.05) is 13.8 Å². The number of guanidine groups is 2. The van der Waals surface area contributed by atoms with Gasteiger partial charge in [-0.15, -0.1) is 0 Å². The van der Waals surface area contributed by atoms with Crippen LogP contribution in [0.15, 0.2) is 24.3 Å². The molecule has 32 N–H and O–H groups in total. The average molecular weight is 1070 g/mol. The number of carbonyl (C=O) groups excluding carboxylic acids is 4. The second kappa shape index (κ2) is 45.2. The van der Waals surface area contributed by atoms with Gasteiger partial charge in [-0.3, -0.25) is 44.4 Å². The highest BCUT2D eigenvalue weighted by Crippen LogP contribution is 2.16. The molecule has 0 saturated heterocycles. The first kappa shape index (κ1) is 75.2. The summed E-state index contributed by atoms with van der Waals surface area (Å²) in [7, 11) is 0. The van der Waals surface area contributed by atoms with Gasteiger partial charge in [0.1, 0.15) is 48.6 Å². The van der Waals surface area contributed by atoms with Crippen molar-refractivity contribution in [2.45, 2.75) is 95.0 Å². The molecule has 0 aliphatic carbocycles. The van der Waals surface area contributed by atoms with E-state index in [1.54, 1.807) is 24.3 Å². The zero-order valence-corrected chi connectivity index (χ0v) is 40.9. The van der Waals surface area contributed by atoms with E-state index in [1.165, 1.54) is 0 Å². The number of carboxylic acids is 6. The quantitative estimate of drug-likeness (QED) is 0.0102. The molecule has 1 aromatic carbocycles. The van der Waals surface area contributed by atoms with E-state index in [2.05, 4.69) is 26.8 Å². The van der Waals surface area contributed by atoms with Gasteiger partial charge >= 0.3 is 59.7 Å². The molecule has 7 atom stereocenters. The van der Waals surface area contributed by atoms with Crippen LogP contribution in [0.2, 0.25) is 0 Å². The summed E-state index contributed by atoms with van der Waals surface area (Å²) < 4.78 is 14.4. The lowest BCUT2D eigenvalue weighted by molar-refractivity contribution is -0.162. The number of nitrogens with two attached hydrogens (primary N) is 11. The number of esters is 4. The lowest BCUT2D eigenvalue weighted by Gasteiger charge is -2.17. The van der Waals surface area contributed by atoms with Crippen molar-refractivity contribution in [3.05, 3.63) is 29.8 Å². The molecular formula is C40H75N15O19. The van der Waals surface area contributed by atoms with Crippen LogP contribution in [0, 0.1) is 16.7 Å². The number of nitrogens with one attached hydrogen (secondary N) is 4. The predicted octanol–water partition coefficient (Wildman–Crippen LogP) is -7.01. The first-order chi connectivity index (χ1) is 34.2. The second-order valence-electron chi connectivity index (χ2n) is 14.6. The van der Waals surface area contributed by atoms with Gasteiger partial charge in [-0.05, 0) is 55.7 Å². The predicted molar refractivity (Wildman–Crippen MR) is 261 cm³/mol. The number of aliphatic carboxylic acids is 6. The molecule has 0 saturated carbocycles. The van der Waals surface area contributed by atoms with Crippen molar-refractivity contribution in [2.24, 2.45) is 69.0 Å². The van der Waals surface area contributed by atoms with E-state index < -0.39 is 102 Å². The van der Waals surface area contributed by atoms with Crippen molar-refractivity contribution < 1.29 is 92.8 Å². The summed E-state index contributed by atoms with van der Waals surface area (Å²) in [6, 6.07) is 0.396. The number of benzene rings is 1. The molecule has 0 aromatic heterocycles. The van der Waals surface area contributed by atoms with Crippen molar-refractivity contribution >= 4 is 71.6 Å². The minimum atomic E-state index is -1.29. The first-order valence-electron chi connectivity index (χ1n) is 21.6. The molecule has 0 unspecified atom stereocenters. The van der Waals surface area contributed by atoms with E-state index >= 15 is 0 Å². The van der Waals surface area contributed by atoms with Gasteiger partial charge < -0.3 is 119 Å². The Kier molecular flexibility index (Phi) is 45.9. The number of ether oxygens (including phenoxy) is 3. The maximum atomic E-state index is 12.1. The van der Waals surface area contributed by atoms with Crippen molar-refractivity contribution in [1.29, 1.82) is 10.8 Å². The van der Waals surface area contributed by atoms with Crippen LogP contribution in [0.1, 0.15) is 57.9 Å². The number of hydrogen-bond acceptors (Lipinski definition) is 24. The van der Waals surface area contributed by atoms with Crippen LogP contribution in [0.5, 0.6) is 5.75 Å². The van der Waals surface area contributed by atoms with Crippen LogP contribution in [-0.2, 0) is 63.8 Å². The van der Waals surface area contributed by atoms with E-state index in [0.29, 0.717) is 43.7 Å². The van der Waals surface area contributed by atoms with Crippen molar-refractivity contribution in [2.75, 3.05) is 39.3 Å². The van der Waals surface area contributed by atoms with E-state index in [9.17, 15) is 47.9 Å². The minimum absolute atomic E-state index is 0.00109. The number of rotatable bonds is 26. The molecule has 1 aromatic rings. The number of carbonyl (C=O) groups is 10. The average Bonchev–Trinajstić information content (AvgIpc) is 3.33. The molecule has 0 radical (unpaired) electrons. The lowest BCUT2D eigenvalue weighted by Crippen LogP contribution is -2.41. The fourth-order valence-corrected chi connectivity index (χ4v) is 3.87. The van der Waals surface area contributed by atoms with Crippen LogP contribution < -0.4 is 78.4 Å². The molecule has 0 amide bonds. The molecule has 424 valence electrons. The molecule has 0 heterocycles. The molecule has 0 fully saturated rings. The number of hydrogen-bond donors (Lipinski definition) is 21. The Balaban J connectivity index is -0.000000308. The van der Waals surface area contributed by atoms with Crippen molar-refractivity contribution in [3.8, 4) is 5.75 Å². The summed E-state index contributed by atoms with van der Waals surface area (Å²) >= 11 is 0. The topological polar surface area (TPSA) is 678 Å². The summed E-state index contributed by atoms with van der Waals surface area (Å²) in [6.45, 7) is 3.50. The van der Waals surface area contributed by atoms with Crippen LogP contribution in [-0.4, -0.2) is 178 Å². The molecule has 1 rings (SSSR count). The van der Waals surface area contributed by atoms with Gasteiger partial charge in [0.25, 0.3) is 0 Å². The largest absolute Gasteiger partial charge is 0.481 e. The van der Waals surface area contributed by atoms with Gasteiger partial charge in [-0.1, -0.05) is 32.4 Å². The van der Waals surface area contributed by atoms with Gasteiger partial charge in [-0.25, -0.2) is 14.4 Å². The standard InChI is InChI=1S/C21H34N6O5.C6H14N4O2.C5H10N2O4.C4H7NO4.2C2H5NO2/c1-3-12(2)17(24)20(30)31-14-8-6-13(7-9-14)11-16(23)19(29)32-18(28)15(22)5-4-10-27-21(25)26;7-4(5(11)12)2-1-3-10-6(8)9;6-1-4(8)11-2-3(7)5(9)10;5-2(4(8)9)1-3(6)7;2*3-1-2(4)5/h6-9,12,15-17H,3-5,10-11,22-24H2,1-2H3,(H4,25,26,27);4H,1-3,7H2,(H,11,12)(H4,8,9,10);3H,1-2,6-7H2,(H,9,10);2H,1,5H2,(H,6,7)(H,8,9);2*1,3H2,(H,4,5)/t12-,15-,16-,17-;4-;3-;2-;;/m0000../s1. The third-order valence-electron chi connectivity index (χ3n) is 8.23. The minimum Gasteiger partial charge on any atom is -0.481 e. The van der Waals surface area contributed by atoms with Crippen LogP contribution in [0.4, 0.5) is 0 Å². The highest BCUT2D eigenvalue weighted by molar-refractivity contribution is 5.91. The second-order valence-corrected chi connectivity index (χ2v) is 14.6. The third kappa shape index (κ3) is 48.0. The third-order valence-corrected chi connectivity index (χ3v) is 8.23. The Labute approximate surface area is 424 Å². The molecule has 0 spiro atoms. The molecular weight excluding hydrogens is 995 g/mol. The highest BCUT2D eigenvalue weighted by Gasteiger charge is 2.24. The van der Waals surface area contributed by atoms with E-state index in [-0.39, 0.29) is 56.9 Å². The van der Waals surface area contributed by atoms with E-state index in [0.717, 1.165) is 6.42 Å². The Morgan fingerprint density at radius 2 is 0.986 bits per heavy atom. The molecule has 0 aliphatic rings. The maximum absolute atomic E-state index is 12.1. The lowest BCUT2D eigenvalue weighted by atomic mass is 10.0. The highest BCUT2D eigenvalue weighted by atomic mass is 16.6. The van der Waals surface area contributed by atoms with Gasteiger partial charge in [0.05, 0.1) is 26.1 Å². The maximum Gasteiger partial charge on any atom is 0.330 e. The number of carboxylic acid groups (broad SMARTS) is 6. The van der Waals surface area contributed by atoms with Gasteiger partial charge in [-0.2, -0.15) is 0 Å². The van der Waals surface area contributed by atoms with E-state index in [4.69, 9.17) is 103 Å². The van der Waals surface area contributed by atoms with Crippen LogP contribution in [0.3, 0.4) is 0 Å². The fourth-order valence-electron chi connectivity index (χ4n) is 3.87. The Bertz CT molecular complexity index is 1880. The normalized spacial score (nSPS) is 12.6. The van der Waals surface area contributed by atoms with Crippen molar-refractivity contribution in [1.82, 2.24) is 10.6 Å². The smallest absolute Gasteiger partial charge is 0.330 e. The monoisotopic (exact) mass is 1070 g/mol. The van der Waals surface area contributed by atoms with Gasteiger partial charge in [0.2, 0.25) is 0 Å². The first-order valence-corrected chi connectivity index (χ1v) is 21.6. The van der Waals surface area contributed by atoms with Crippen LogP contribution >= 0.6 is 0 Å². The Morgan fingerprint density at radius 1 is 0.581 bits per heavy atom. The summed E-state index contributed by atoms with van der Waals surface area (Å²) in [5, 5.41) is 66.8. The fraction of sp³-hybridized carbons (Fsp3) is 0.550. The molecule has 74 heavy (non-hydrogen) atoms. The summed E-state index contributed by atoms with van der Waals surface area (Å²) in [5.74, 6) is -9.54. The molecule has 34 heteroatoms. The van der Waals surface area contributed by atoms with Crippen molar-refractivity contribution in [3.63, 3.8) is 0 Å². The van der Waals surface area contributed by atoms with Crippen LogP contribution in [0.25, 0.3) is 0 Å². The van der Waals surface area contributed by atoms with Gasteiger partial charge in [0.15, 0.2) is 11.9 Å². The zero-order valence-electron chi connectivity index (χ0n) is 40.9. The Morgan fingerprint density at radius 3 is 1.32 bits per heavy atom. The molecule has 0 aliphatic heterocycles. The summed E-state index contributed by atoms with van der Waals surface area (Å²) in [5.41, 5.74) is 57.3. The molecule has 0 bridgehead atoms. The molecule has 34 nitrogen and oxygen atoms in total. The van der Waals surface area contributed by atoms with Gasteiger partial charge in [0, 0.05) is 13.1 Å². The summed E-state index contributed by atoms with van der Waals surface area (Å²) in [6.07, 6.45) is 2.04. The Hall–Kier alpha value is -7.70. The summed E-state index contributed by atoms with van der Waals surface area (Å²) in [4.78, 5) is 105. The SMILES string of the molecule is CC[C@H](C)[C@H](N)C(=O)Oc1ccc(C[C@H](N)C(=O)OC(=O)[C@@H](N)CCCNC(=N)N)cc1.N=C(N)NCCC[C@H](N)C(=O)O.NCC(=O)O.NCC(=O)O.NCC(=O)OC[C@H](N)C(=O)O.N[C@@H](CC(=O)O)C(=O)O. The zero-order chi connectivity index (χ0) is 58.7.